The molecule has 2 aromatic carbocycles. The van der Waals surface area contributed by atoms with Gasteiger partial charge in [-0.05, 0) is 146 Å². The van der Waals surface area contributed by atoms with Crippen molar-refractivity contribution in [3.05, 3.63) is 120 Å². The number of nitrogens with zero attached hydrogens (tertiary/aromatic N) is 16. The normalized spacial score (nSPS) is 16.6. The number of hydrogen-bond donors (Lipinski definition) is 2. The van der Waals surface area contributed by atoms with Crippen molar-refractivity contribution < 1.29 is 23.9 Å². The highest BCUT2D eigenvalue weighted by atomic mass is 16.7. The summed E-state index contributed by atoms with van der Waals surface area (Å²) >= 11 is 0. The number of amides is 2. The molecule has 380 valence electrons. The molecule has 8 heterocycles. The second kappa shape index (κ2) is 21.3. The Hall–Kier alpha value is -8.57. The Morgan fingerprint density at radius 2 is 1.04 bits per heavy atom. The largest absolute Gasteiger partial charge is 0.512 e. The van der Waals surface area contributed by atoms with Crippen molar-refractivity contribution >= 4 is 29.6 Å². The third-order valence-corrected chi connectivity index (χ3v) is 13.5. The molecule has 2 aliphatic heterocycles. The van der Waals surface area contributed by atoms with Crippen LogP contribution in [0.5, 0.6) is 0 Å². The molecule has 0 unspecified atom stereocenters. The molecule has 0 radical (unpaired) electrons. The van der Waals surface area contributed by atoms with Crippen molar-refractivity contribution in [1.82, 2.24) is 80.6 Å². The van der Waals surface area contributed by atoms with E-state index >= 15 is 0 Å². The molecule has 8 aromatic rings. The highest BCUT2D eigenvalue weighted by Gasteiger charge is 2.33. The Bertz CT molecular complexity index is 3060. The molecule has 0 spiro atoms. The Balaban J connectivity index is 0.827. The van der Waals surface area contributed by atoms with Crippen LogP contribution in [-0.2, 0) is 23.6 Å². The second-order valence-electron chi connectivity index (χ2n) is 18.4. The number of aryl methyl sites for hydroxylation is 4. The van der Waals surface area contributed by atoms with Gasteiger partial charge in [0.25, 0.3) is 11.8 Å². The second-order valence-corrected chi connectivity index (χ2v) is 18.4. The average molecular weight is 1000 g/mol. The van der Waals surface area contributed by atoms with Crippen molar-refractivity contribution in [3.8, 4) is 45.3 Å². The molecular weight excluding hydrogens is 945 g/mol. The molecule has 74 heavy (non-hydrogen) atoms. The summed E-state index contributed by atoms with van der Waals surface area (Å²) in [6.07, 6.45) is 7.29. The van der Waals surface area contributed by atoms with Gasteiger partial charge in [-0.15, -0.1) is 10.2 Å². The van der Waals surface area contributed by atoms with Crippen molar-refractivity contribution in [2.24, 2.45) is 14.1 Å². The molecule has 2 fully saturated rings. The minimum Gasteiger partial charge on any atom is -0.408 e. The first kappa shape index (κ1) is 49.0. The van der Waals surface area contributed by atoms with E-state index in [0.717, 1.165) is 61.0 Å². The molecule has 0 bridgehead atoms. The predicted octanol–water partition coefficient (Wildman–Crippen LogP) is 5.89. The van der Waals surface area contributed by atoms with E-state index in [2.05, 4.69) is 61.8 Å². The van der Waals surface area contributed by atoms with Gasteiger partial charge in [0.2, 0.25) is 11.6 Å². The number of rotatable bonds is 14. The fraction of sp³-hybridized carbons (Fsp3) is 0.353. The molecule has 23 nitrogen and oxygen atoms in total. The Labute approximate surface area is 425 Å². The summed E-state index contributed by atoms with van der Waals surface area (Å²) in [4.78, 5) is 54.9. The van der Waals surface area contributed by atoms with E-state index in [1.165, 1.54) is 9.36 Å². The highest BCUT2D eigenvalue weighted by Crippen LogP contribution is 2.35. The number of carbonyl (C=O) groups is 3. The predicted molar refractivity (Wildman–Crippen MR) is 271 cm³/mol. The number of tetrazole rings is 2. The first-order valence-corrected chi connectivity index (χ1v) is 24.6. The molecular formula is C51H56N18O5. The van der Waals surface area contributed by atoms with Crippen LogP contribution in [0.4, 0.5) is 16.4 Å². The van der Waals surface area contributed by atoms with Gasteiger partial charge in [-0.1, -0.05) is 36.4 Å². The lowest BCUT2D eigenvalue weighted by atomic mass is 10.0. The summed E-state index contributed by atoms with van der Waals surface area (Å²) in [6, 6.07) is 22.2. The summed E-state index contributed by atoms with van der Waals surface area (Å²) in [6.45, 7) is 10.3. The molecule has 6 aromatic heterocycles. The average Bonchev–Trinajstić information content (AvgIpc) is 4.26. The van der Waals surface area contributed by atoms with Gasteiger partial charge in [-0.3, -0.25) is 28.8 Å². The van der Waals surface area contributed by atoms with E-state index in [9.17, 15) is 14.4 Å². The van der Waals surface area contributed by atoms with E-state index in [0.29, 0.717) is 58.4 Å². The fourth-order valence-electron chi connectivity index (χ4n) is 9.72. The number of anilines is 2. The van der Waals surface area contributed by atoms with Gasteiger partial charge in [-0.2, -0.15) is 19.6 Å². The van der Waals surface area contributed by atoms with Crippen LogP contribution in [0.3, 0.4) is 0 Å². The first-order valence-electron chi connectivity index (χ1n) is 24.6. The van der Waals surface area contributed by atoms with Gasteiger partial charge >= 0.3 is 6.16 Å². The number of nitrogens with one attached hydrogen (secondary N) is 2. The van der Waals surface area contributed by atoms with Crippen molar-refractivity contribution in [2.45, 2.75) is 77.9 Å². The number of ether oxygens (including phenoxy) is 2. The van der Waals surface area contributed by atoms with Crippen molar-refractivity contribution in [2.75, 3.05) is 36.0 Å². The standard InChI is InChI=1S/C51H56N18O5/c1-31-11-7-25-54-45(31)66(39-13-9-23-52-27-39)49(70)37-19-15-35(16-20-37)41-29-56-64(5)43(41)47-58-60-62-68(47)33(3)73-51(72)74-34(4)69-48(59-61-63-69)44-42(30-57-65(44)6)36-17-21-38(22-18-36)50(71)67(40-14-10-24-53-28-40)46-32(2)12-8-26-55-46/h7-8,11-12,15-22,25-26,29-30,33-34,39-40,52-53H,9-10,13-14,23-24,27-28H2,1-6H3/t33-,34-,39-,40-/m1/s1. The lowest BCUT2D eigenvalue weighted by molar-refractivity contribution is -0.0374. The van der Waals surface area contributed by atoms with Crippen molar-refractivity contribution in [3.63, 3.8) is 0 Å². The Morgan fingerprint density at radius 3 is 1.42 bits per heavy atom. The van der Waals surface area contributed by atoms with Crippen LogP contribution in [0.1, 0.15) is 83.8 Å². The summed E-state index contributed by atoms with van der Waals surface area (Å²) in [7, 11) is 3.51. The van der Waals surface area contributed by atoms with Gasteiger partial charge in [0.05, 0.1) is 24.5 Å². The fourth-order valence-corrected chi connectivity index (χ4v) is 9.72. The zero-order valence-electron chi connectivity index (χ0n) is 41.9. The lowest BCUT2D eigenvalue weighted by Gasteiger charge is -2.34. The minimum atomic E-state index is -1.05. The van der Waals surface area contributed by atoms with Gasteiger partial charge in [0, 0.05) is 61.8 Å². The molecule has 2 saturated heterocycles. The SMILES string of the molecule is Cc1cccnc1N(C(=O)c1ccc(-c2cnn(C)c2-c2nnnn2[C@@H](C)OC(=O)O[C@H](C)n2nnnc2-c2c(-c3ccc(C(=O)N(c4ncccc4C)[C@@H]4CCCNC4)cc3)cnn2C)cc1)[C@@H]1CCCNC1. The monoisotopic (exact) mass is 1000 g/mol. The van der Waals surface area contributed by atoms with Gasteiger partial charge in [-0.25, -0.2) is 14.8 Å². The summed E-state index contributed by atoms with van der Waals surface area (Å²) in [5, 5.41) is 40.7. The molecule has 2 N–H and O–H groups in total. The van der Waals surface area contributed by atoms with Crippen LogP contribution in [0.15, 0.2) is 97.6 Å². The number of pyridine rings is 2. The maximum absolute atomic E-state index is 14.2. The van der Waals surface area contributed by atoms with Crippen LogP contribution in [-0.4, -0.2) is 126 Å². The zero-order chi connectivity index (χ0) is 51.5. The maximum atomic E-state index is 14.2. The minimum absolute atomic E-state index is 0.0455. The quantitative estimate of drug-likeness (QED) is 0.121. The van der Waals surface area contributed by atoms with Gasteiger partial charge < -0.3 is 20.1 Å². The smallest absolute Gasteiger partial charge is 0.408 e. The summed E-state index contributed by atoms with van der Waals surface area (Å²) in [5.74, 6) is 1.54. The van der Waals surface area contributed by atoms with Gasteiger partial charge in [0.15, 0.2) is 12.5 Å². The zero-order valence-corrected chi connectivity index (χ0v) is 41.9. The molecule has 0 aliphatic carbocycles. The van der Waals surface area contributed by atoms with Crippen molar-refractivity contribution in [1.29, 1.82) is 0 Å². The van der Waals surface area contributed by atoms with E-state index in [4.69, 9.17) is 9.47 Å². The van der Waals surface area contributed by atoms with Crippen LogP contribution in [0, 0.1) is 13.8 Å². The van der Waals surface area contributed by atoms with E-state index in [-0.39, 0.29) is 35.5 Å². The highest BCUT2D eigenvalue weighted by molar-refractivity contribution is 6.07. The van der Waals surface area contributed by atoms with E-state index in [1.807, 2.05) is 72.2 Å². The molecule has 0 saturated carbocycles. The Kier molecular flexibility index (Phi) is 14.1. The molecule has 2 amide bonds. The summed E-state index contributed by atoms with van der Waals surface area (Å²) in [5.41, 5.74) is 6.80. The number of piperidine rings is 2. The topological polar surface area (TPSA) is 249 Å². The van der Waals surface area contributed by atoms with Crippen LogP contribution in [0.25, 0.3) is 45.3 Å². The van der Waals surface area contributed by atoms with Gasteiger partial charge in [0.1, 0.15) is 23.0 Å². The number of aromatic nitrogens is 14. The third kappa shape index (κ3) is 9.73. The van der Waals surface area contributed by atoms with Crippen LogP contribution >= 0.6 is 0 Å². The molecule has 4 atom stereocenters. The lowest BCUT2D eigenvalue weighted by Crippen LogP contribution is -2.49. The van der Waals surface area contributed by atoms with Crippen LogP contribution < -0.4 is 20.4 Å². The molecule has 2 aliphatic rings. The number of benzene rings is 2. The maximum Gasteiger partial charge on any atom is 0.512 e. The molecule has 10 rings (SSSR count). The van der Waals surface area contributed by atoms with Crippen LogP contribution in [0.2, 0.25) is 0 Å². The number of carbonyl (C=O) groups excluding carboxylic acids is 3. The molecule has 23 heteroatoms. The Morgan fingerprint density at radius 1 is 0.622 bits per heavy atom. The van der Waals surface area contributed by atoms with E-state index < -0.39 is 18.6 Å². The van der Waals surface area contributed by atoms with E-state index in [1.54, 1.807) is 86.4 Å². The first-order chi connectivity index (χ1) is 36.0. The third-order valence-electron chi connectivity index (χ3n) is 13.5. The number of hydrogen-bond acceptors (Lipinski definition) is 17. The summed E-state index contributed by atoms with van der Waals surface area (Å²) < 4.78 is 17.5.